The van der Waals surface area contributed by atoms with Gasteiger partial charge in [0.25, 0.3) is 5.91 Å². The highest BCUT2D eigenvalue weighted by Gasteiger charge is 2.13. The molecule has 2 N–H and O–H groups in total. The van der Waals surface area contributed by atoms with Crippen LogP contribution in [0.4, 0.5) is 10.1 Å². The third-order valence-corrected chi connectivity index (χ3v) is 4.83. The summed E-state index contributed by atoms with van der Waals surface area (Å²) in [4.78, 5) is 12.2. The van der Waals surface area contributed by atoms with Gasteiger partial charge in [0.1, 0.15) is 5.82 Å². The molecule has 0 aliphatic heterocycles. The van der Waals surface area contributed by atoms with Crippen LogP contribution in [-0.4, -0.2) is 20.9 Å². The number of carbonyl (C=O) groups excluding carboxylic acids is 1. The SMILES string of the molecule is CCCCNS(=O)(=O)c1ccc(NC(=O)c2ccc(F)cc2)cc1. The maximum atomic E-state index is 12.8. The van der Waals surface area contributed by atoms with Crippen molar-refractivity contribution in [2.75, 3.05) is 11.9 Å². The molecule has 5 nitrogen and oxygen atoms in total. The van der Waals surface area contributed by atoms with E-state index in [1.807, 2.05) is 6.92 Å². The number of nitrogens with one attached hydrogen (secondary N) is 2. The lowest BCUT2D eigenvalue weighted by atomic mass is 10.2. The summed E-state index contributed by atoms with van der Waals surface area (Å²) in [6.45, 7) is 2.37. The van der Waals surface area contributed by atoms with Crippen LogP contribution in [0.15, 0.2) is 53.4 Å². The fourth-order valence-electron chi connectivity index (χ4n) is 1.99. The van der Waals surface area contributed by atoms with Crippen molar-refractivity contribution < 1.29 is 17.6 Å². The van der Waals surface area contributed by atoms with Crippen LogP contribution in [-0.2, 0) is 10.0 Å². The number of benzene rings is 2. The summed E-state index contributed by atoms with van der Waals surface area (Å²) < 4.78 is 39.5. The highest BCUT2D eigenvalue weighted by molar-refractivity contribution is 7.89. The van der Waals surface area contributed by atoms with Gasteiger partial charge in [-0.15, -0.1) is 0 Å². The molecule has 128 valence electrons. The van der Waals surface area contributed by atoms with Crippen LogP contribution >= 0.6 is 0 Å². The van der Waals surface area contributed by atoms with Gasteiger partial charge in [-0.25, -0.2) is 17.5 Å². The maximum absolute atomic E-state index is 12.8. The van der Waals surface area contributed by atoms with Crippen LogP contribution in [0.3, 0.4) is 0 Å². The van der Waals surface area contributed by atoms with Gasteiger partial charge < -0.3 is 5.32 Å². The van der Waals surface area contributed by atoms with Crippen LogP contribution in [0.5, 0.6) is 0 Å². The molecule has 0 unspecified atom stereocenters. The number of anilines is 1. The molecule has 2 rings (SSSR count). The second-order valence-electron chi connectivity index (χ2n) is 5.24. The molecule has 0 bridgehead atoms. The number of amides is 1. The molecule has 0 radical (unpaired) electrons. The van der Waals surface area contributed by atoms with Crippen LogP contribution in [0.1, 0.15) is 30.1 Å². The Kier molecular flexibility index (Phi) is 6.05. The summed E-state index contributed by atoms with van der Waals surface area (Å²) >= 11 is 0. The molecule has 7 heteroatoms. The minimum absolute atomic E-state index is 0.137. The first kappa shape index (κ1) is 18.1. The fraction of sp³-hybridized carbons (Fsp3) is 0.235. The number of unbranched alkanes of at least 4 members (excludes halogenated alkanes) is 1. The number of halogens is 1. The molecule has 24 heavy (non-hydrogen) atoms. The summed E-state index contributed by atoms with van der Waals surface area (Å²) in [5.74, 6) is -0.816. The smallest absolute Gasteiger partial charge is 0.255 e. The normalized spacial score (nSPS) is 11.2. The lowest BCUT2D eigenvalue weighted by molar-refractivity contribution is 0.102. The molecule has 1 amide bonds. The quantitative estimate of drug-likeness (QED) is 0.753. The second-order valence-corrected chi connectivity index (χ2v) is 7.00. The second kappa shape index (κ2) is 8.03. The monoisotopic (exact) mass is 350 g/mol. The van der Waals surface area contributed by atoms with Gasteiger partial charge in [-0.3, -0.25) is 4.79 Å². The molecular formula is C17H19FN2O3S. The molecule has 0 spiro atoms. The van der Waals surface area contributed by atoms with Crippen molar-refractivity contribution in [3.8, 4) is 0 Å². The highest BCUT2D eigenvalue weighted by Crippen LogP contribution is 2.15. The van der Waals surface area contributed by atoms with E-state index >= 15 is 0 Å². The zero-order valence-electron chi connectivity index (χ0n) is 13.3. The number of hydrogen-bond donors (Lipinski definition) is 2. The van der Waals surface area contributed by atoms with Crippen LogP contribution in [0, 0.1) is 5.82 Å². The maximum Gasteiger partial charge on any atom is 0.255 e. The third-order valence-electron chi connectivity index (χ3n) is 3.35. The van der Waals surface area contributed by atoms with Gasteiger partial charge in [-0.2, -0.15) is 0 Å². The highest BCUT2D eigenvalue weighted by atomic mass is 32.2. The van der Waals surface area contributed by atoms with E-state index in [0.717, 1.165) is 12.8 Å². The van der Waals surface area contributed by atoms with Gasteiger partial charge >= 0.3 is 0 Å². The number of rotatable bonds is 7. The van der Waals surface area contributed by atoms with Crippen LogP contribution in [0.2, 0.25) is 0 Å². The van der Waals surface area contributed by atoms with E-state index in [4.69, 9.17) is 0 Å². The third kappa shape index (κ3) is 4.87. The Morgan fingerprint density at radius 2 is 1.67 bits per heavy atom. The van der Waals surface area contributed by atoms with Crippen LogP contribution < -0.4 is 10.0 Å². The van der Waals surface area contributed by atoms with Crippen molar-refractivity contribution in [2.24, 2.45) is 0 Å². The lowest BCUT2D eigenvalue weighted by Gasteiger charge is -2.08. The minimum Gasteiger partial charge on any atom is -0.322 e. The largest absolute Gasteiger partial charge is 0.322 e. The Balaban J connectivity index is 2.04. The van der Waals surface area contributed by atoms with E-state index in [-0.39, 0.29) is 4.90 Å². The van der Waals surface area contributed by atoms with Crippen molar-refractivity contribution in [3.05, 3.63) is 59.9 Å². The fourth-order valence-corrected chi connectivity index (χ4v) is 3.06. The predicted molar refractivity (Wildman–Crippen MR) is 90.9 cm³/mol. The molecule has 0 aromatic heterocycles. The number of hydrogen-bond acceptors (Lipinski definition) is 3. The van der Waals surface area contributed by atoms with Gasteiger partial charge in [0.15, 0.2) is 0 Å². The molecule has 0 fully saturated rings. The van der Waals surface area contributed by atoms with Crippen molar-refractivity contribution in [2.45, 2.75) is 24.7 Å². The molecule has 0 atom stereocenters. The van der Waals surface area contributed by atoms with Gasteiger partial charge in [-0.1, -0.05) is 13.3 Å². The molecule has 0 saturated carbocycles. The van der Waals surface area contributed by atoms with E-state index in [0.29, 0.717) is 17.8 Å². The van der Waals surface area contributed by atoms with Gasteiger partial charge in [0.05, 0.1) is 4.90 Å². The standard InChI is InChI=1S/C17H19FN2O3S/c1-2-3-12-19-24(22,23)16-10-8-15(9-11-16)20-17(21)13-4-6-14(18)7-5-13/h4-11,19H,2-3,12H2,1H3,(H,20,21). The summed E-state index contributed by atoms with van der Waals surface area (Å²) in [6.07, 6.45) is 1.67. The number of sulfonamides is 1. The van der Waals surface area contributed by atoms with Crippen molar-refractivity contribution in [1.29, 1.82) is 0 Å². The molecular weight excluding hydrogens is 331 g/mol. The Labute approximate surface area is 141 Å². The topological polar surface area (TPSA) is 75.3 Å². The molecule has 0 aliphatic rings. The van der Waals surface area contributed by atoms with E-state index in [2.05, 4.69) is 10.0 Å². The summed E-state index contributed by atoms with van der Waals surface area (Å²) in [5.41, 5.74) is 0.770. The Morgan fingerprint density at radius 1 is 1.04 bits per heavy atom. The molecule has 0 heterocycles. The van der Waals surface area contributed by atoms with E-state index in [1.54, 1.807) is 0 Å². The summed E-state index contributed by atoms with van der Waals surface area (Å²) in [7, 11) is -3.54. The van der Waals surface area contributed by atoms with E-state index in [9.17, 15) is 17.6 Å². The van der Waals surface area contributed by atoms with Crippen molar-refractivity contribution >= 4 is 21.6 Å². The van der Waals surface area contributed by atoms with Gasteiger partial charge in [0, 0.05) is 17.8 Å². The predicted octanol–water partition coefficient (Wildman–Crippen LogP) is 3.16. The first-order chi connectivity index (χ1) is 11.4. The van der Waals surface area contributed by atoms with Gasteiger partial charge in [-0.05, 0) is 55.0 Å². The Bertz CT molecular complexity index is 788. The van der Waals surface area contributed by atoms with E-state index in [1.165, 1.54) is 48.5 Å². The van der Waals surface area contributed by atoms with Gasteiger partial charge in [0.2, 0.25) is 10.0 Å². The molecule has 0 aliphatic carbocycles. The molecule has 0 saturated heterocycles. The lowest BCUT2D eigenvalue weighted by Crippen LogP contribution is -2.24. The minimum atomic E-state index is -3.54. The summed E-state index contributed by atoms with van der Waals surface area (Å²) in [5, 5.41) is 2.63. The zero-order chi connectivity index (χ0) is 17.6. The van der Waals surface area contributed by atoms with Crippen molar-refractivity contribution in [3.63, 3.8) is 0 Å². The first-order valence-corrected chi connectivity index (χ1v) is 9.07. The molecule has 2 aromatic carbocycles. The Morgan fingerprint density at radius 3 is 2.25 bits per heavy atom. The van der Waals surface area contributed by atoms with Crippen LogP contribution in [0.25, 0.3) is 0 Å². The average molecular weight is 350 g/mol. The number of carbonyl (C=O) groups is 1. The Hall–Kier alpha value is -2.25. The van der Waals surface area contributed by atoms with E-state index < -0.39 is 21.7 Å². The molecule has 2 aromatic rings. The van der Waals surface area contributed by atoms with Crippen molar-refractivity contribution in [1.82, 2.24) is 4.72 Å². The average Bonchev–Trinajstić information content (AvgIpc) is 2.56. The summed E-state index contributed by atoms with van der Waals surface area (Å²) in [6, 6.07) is 11.0. The zero-order valence-corrected chi connectivity index (χ0v) is 14.1. The first-order valence-electron chi connectivity index (χ1n) is 7.59.